The number of hydrogen-bond donors (Lipinski definition) is 1. The van der Waals surface area contributed by atoms with Crippen molar-refractivity contribution in [2.75, 3.05) is 0 Å². The molecule has 0 unspecified atom stereocenters. The van der Waals surface area contributed by atoms with Crippen LogP contribution in [0.15, 0.2) is 35.1 Å². The number of para-hydroxylation sites is 1. The summed E-state index contributed by atoms with van der Waals surface area (Å²) in [5.74, 6) is 0.708. The lowest BCUT2D eigenvalue weighted by Crippen LogP contribution is -1.86. The van der Waals surface area contributed by atoms with Crippen LogP contribution in [-0.2, 0) is 0 Å². The summed E-state index contributed by atoms with van der Waals surface area (Å²) < 4.78 is 6.25. The van der Waals surface area contributed by atoms with Gasteiger partial charge in [0.05, 0.1) is 4.47 Å². The van der Waals surface area contributed by atoms with E-state index >= 15 is 0 Å². The largest absolute Gasteiger partial charge is 0.423 e. The van der Waals surface area contributed by atoms with Crippen molar-refractivity contribution in [3.8, 4) is 11.8 Å². The summed E-state index contributed by atoms with van der Waals surface area (Å²) in [5.41, 5.74) is 0. The van der Waals surface area contributed by atoms with Crippen molar-refractivity contribution >= 4 is 15.9 Å². The molecule has 5 heteroatoms. The first kappa shape index (κ1) is 8.25. The van der Waals surface area contributed by atoms with Gasteiger partial charge in [0.2, 0.25) is 0 Å². The third-order valence-corrected chi connectivity index (χ3v) is 2.09. The number of rotatable bonds is 2. The normalized spacial score (nSPS) is 9.92. The third kappa shape index (κ3) is 1.86. The summed E-state index contributed by atoms with van der Waals surface area (Å²) in [6.45, 7) is 0. The number of benzene rings is 1. The highest BCUT2D eigenvalue weighted by molar-refractivity contribution is 9.10. The molecule has 0 atom stereocenters. The standard InChI is InChI=1S/C8H6BrN3O/c9-6-3-1-2-4-7(6)13-8-10-5-11-12-8/h1-5H,(H,10,11,12). The molecular weight excluding hydrogens is 234 g/mol. The van der Waals surface area contributed by atoms with Gasteiger partial charge in [0, 0.05) is 0 Å². The molecule has 13 heavy (non-hydrogen) atoms. The summed E-state index contributed by atoms with van der Waals surface area (Å²) in [5, 5.41) is 6.28. The number of ether oxygens (including phenoxy) is 1. The van der Waals surface area contributed by atoms with Gasteiger partial charge >= 0.3 is 6.01 Å². The average molecular weight is 240 g/mol. The molecule has 0 bridgehead atoms. The first-order valence-corrected chi connectivity index (χ1v) is 4.43. The van der Waals surface area contributed by atoms with Gasteiger partial charge in [0.15, 0.2) is 0 Å². The van der Waals surface area contributed by atoms with Crippen LogP contribution in [0.5, 0.6) is 11.8 Å². The van der Waals surface area contributed by atoms with Crippen LogP contribution in [0.2, 0.25) is 0 Å². The Morgan fingerprint density at radius 3 is 2.85 bits per heavy atom. The summed E-state index contributed by atoms with van der Waals surface area (Å²) in [6.07, 6.45) is 1.40. The molecule has 1 aromatic carbocycles. The number of H-pyrrole nitrogens is 1. The van der Waals surface area contributed by atoms with Gasteiger partial charge in [0.1, 0.15) is 12.1 Å². The quantitative estimate of drug-likeness (QED) is 0.876. The van der Waals surface area contributed by atoms with E-state index in [1.807, 2.05) is 24.3 Å². The zero-order valence-electron chi connectivity index (χ0n) is 6.57. The molecule has 1 N–H and O–H groups in total. The highest BCUT2D eigenvalue weighted by Gasteiger charge is 2.02. The van der Waals surface area contributed by atoms with Crippen LogP contribution >= 0.6 is 15.9 Å². The van der Waals surface area contributed by atoms with Gasteiger partial charge in [-0.15, -0.1) is 0 Å². The van der Waals surface area contributed by atoms with Crippen molar-refractivity contribution < 1.29 is 4.74 Å². The minimum Gasteiger partial charge on any atom is -0.423 e. The van der Waals surface area contributed by atoms with Crippen LogP contribution in [-0.4, -0.2) is 15.2 Å². The lowest BCUT2D eigenvalue weighted by atomic mass is 10.3. The number of hydrogen-bond acceptors (Lipinski definition) is 3. The lowest BCUT2D eigenvalue weighted by Gasteiger charge is -2.02. The maximum atomic E-state index is 5.37. The van der Waals surface area contributed by atoms with Crippen LogP contribution in [0.1, 0.15) is 0 Å². The van der Waals surface area contributed by atoms with Gasteiger partial charge in [-0.2, -0.15) is 10.1 Å². The summed E-state index contributed by atoms with van der Waals surface area (Å²) in [7, 11) is 0. The molecule has 0 spiro atoms. The van der Waals surface area contributed by atoms with Gasteiger partial charge < -0.3 is 4.74 Å². The van der Waals surface area contributed by atoms with Crippen molar-refractivity contribution in [1.29, 1.82) is 0 Å². The second-order valence-corrected chi connectivity index (χ2v) is 3.18. The molecule has 2 rings (SSSR count). The highest BCUT2D eigenvalue weighted by Crippen LogP contribution is 2.26. The Morgan fingerprint density at radius 2 is 2.15 bits per heavy atom. The maximum absolute atomic E-state index is 5.37. The number of nitrogens with one attached hydrogen (secondary N) is 1. The Kier molecular flexibility index (Phi) is 2.27. The minimum absolute atomic E-state index is 0.381. The molecule has 0 aliphatic heterocycles. The van der Waals surface area contributed by atoms with Crippen molar-refractivity contribution in [2.24, 2.45) is 0 Å². The molecule has 0 saturated heterocycles. The van der Waals surface area contributed by atoms with Crippen LogP contribution in [0, 0.1) is 0 Å². The van der Waals surface area contributed by atoms with Gasteiger partial charge in [-0.05, 0) is 28.1 Å². The van der Waals surface area contributed by atoms with Gasteiger partial charge in [-0.1, -0.05) is 12.1 Å². The van der Waals surface area contributed by atoms with E-state index in [1.54, 1.807) is 0 Å². The van der Waals surface area contributed by atoms with E-state index in [0.717, 1.165) is 4.47 Å². The van der Waals surface area contributed by atoms with Crippen molar-refractivity contribution in [3.05, 3.63) is 35.1 Å². The molecule has 0 aliphatic rings. The summed E-state index contributed by atoms with van der Waals surface area (Å²) in [6, 6.07) is 7.92. The Labute approximate surface area is 83.1 Å². The Balaban J connectivity index is 2.24. The summed E-state index contributed by atoms with van der Waals surface area (Å²) >= 11 is 3.35. The zero-order chi connectivity index (χ0) is 9.10. The smallest absolute Gasteiger partial charge is 0.317 e. The Morgan fingerprint density at radius 1 is 1.31 bits per heavy atom. The van der Waals surface area contributed by atoms with Gasteiger partial charge in [0.25, 0.3) is 0 Å². The van der Waals surface area contributed by atoms with Gasteiger partial charge in [-0.25, -0.2) is 5.10 Å². The van der Waals surface area contributed by atoms with Crippen LogP contribution < -0.4 is 4.74 Å². The molecule has 0 fully saturated rings. The Hall–Kier alpha value is -1.36. The van der Waals surface area contributed by atoms with Crippen LogP contribution in [0.25, 0.3) is 0 Å². The molecule has 1 aromatic heterocycles. The van der Waals surface area contributed by atoms with E-state index in [-0.39, 0.29) is 0 Å². The van der Waals surface area contributed by atoms with Gasteiger partial charge in [-0.3, -0.25) is 0 Å². The molecular formula is C8H6BrN3O. The molecule has 0 amide bonds. The zero-order valence-corrected chi connectivity index (χ0v) is 8.15. The number of halogens is 1. The van der Waals surface area contributed by atoms with Crippen molar-refractivity contribution in [1.82, 2.24) is 15.2 Å². The SMILES string of the molecule is Brc1ccccc1Oc1ncn[nH]1. The van der Waals surface area contributed by atoms with E-state index in [1.165, 1.54) is 6.33 Å². The lowest BCUT2D eigenvalue weighted by molar-refractivity contribution is 0.441. The van der Waals surface area contributed by atoms with E-state index in [4.69, 9.17) is 4.74 Å². The molecule has 2 aromatic rings. The average Bonchev–Trinajstić information content (AvgIpc) is 2.61. The van der Waals surface area contributed by atoms with E-state index in [0.29, 0.717) is 11.8 Å². The number of nitrogens with zero attached hydrogens (tertiary/aromatic N) is 2. The van der Waals surface area contributed by atoms with Crippen molar-refractivity contribution in [2.45, 2.75) is 0 Å². The maximum Gasteiger partial charge on any atom is 0.317 e. The van der Waals surface area contributed by atoms with E-state index in [2.05, 4.69) is 31.1 Å². The molecule has 4 nitrogen and oxygen atoms in total. The topological polar surface area (TPSA) is 50.8 Å². The van der Waals surface area contributed by atoms with E-state index < -0.39 is 0 Å². The van der Waals surface area contributed by atoms with Crippen molar-refractivity contribution in [3.63, 3.8) is 0 Å². The third-order valence-electron chi connectivity index (χ3n) is 1.44. The van der Waals surface area contributed by atoms with E-state index in [9.17, 15) is 0 Å². The number of aromatic amines is 1. The Bertz CT molecular complexity index is 388. The number of aromatic nitrogens is 3. The highest BCUT2D eigenvalue weighted by atomic mass is 79.9. The fraction of sp³-hybridized carbons (Fsp3) is 0. The second-order valence-electron chi connectivity index (χ2n) is 2.32. The fourth-order valence-electron chi connectivity index (χ4n) is 0.875. The first-order chi connectivity index (χ1) is 6.36. The molecule has 0 radical (unpaired) electrons. The minimum atomic E-state index is 0.381. The molecule has 0 aliphatic carbocycles. The van der Waals surface area contributed by atoms with Crippen LogP contribution in [0.4, 0.5) is 0 Å². The predicted molar refractivity (Wildman–Crippen MR) is 50.6 cm³/mol. The predicted octanol–water partition coefficient (Wildman–Crippen LogP) is 2.36. The molecule has 1 heterocycles. The molecule has 66 valence electrons. The second kappa shape index (κ2) is 3.57. The first-order valence-electron chi connectivity index (χ1n) is 3.64. The fourth-order valence-corrected chi connectivity index (χ4v) is 1.24. The van der Waals surface area contributed by atoms with Crippen LogP contribution in [0.3, 0.4) is 0 Å². The molecule has 0 saturated carbocycles. The summed E-state index contributed by atoms with van der Waals surface area (Å²) in [4.78, 5) is 3.84. The monoisotopic (exact) mass is 239 g/mol.